The SMILES string of the molecule is C[C@H](O)C(=O)O[C@@H](CC(=O)OC1=CC[C@@]2(O)[C@H]3Cc4ccc(O)c5c4[C@@]2(CCN3C)[C@H]1O5)C(=O)O[C@@H](C)C(=O)O[C@@H](C)C(=O)O. The van der Waals surface area contributed by atoms with Crippen LogP contribution in [0.4, 0.5) is 0 Å². The van der Waals surface area contributed by atoms with Crippen molar-refractivity contribution < 1.29 is 68.1 Å². The third-order valence-electron chi connectivity index (χ3n) is 9.07. The summed E-state index contributed by atoms with van der Waals surface area (Å²) in [5, 5.41) is 41.4. The van der Waals surface area contributed by atoms with E-state index >= 15 is 0 Å². The van der Waals surface area contributed by atoms with E-state index in [0.29, 0.717) is 24.9 Å². The van der Waals surface area contributed by atoms with Crippen LogP contribution in [0, 0.1) is 0 Å². The maximum absolute atomic E-state index is 13.3. The molecule has 1 aromatic rings. The molecule has 2 bridgehead atoms. The van der Waals surface area contributed by atoms with Crippen molar-refractivity contribution in [2.45, 2.75) is 94.0 Å². The van der Waals surface area contributed by atoms with Crippen molar-refractivity contribution in [2.24, 2.45) is 0 Å². The number of phenols is 1. The van der Waals surface area contributed by atoms with E-state index < -0.39 is 77.8 Å². The van der Waals surface area contributed by atoms with Crippen molar-refractivity contribution in [2.75, 3.05) is 13.6 Å². The number of rotatable bonds is 10. The summed E-state index contributed by atoms with van der Waals surface area (Å²) in [6.45, 7) is 3.84. The lowest BCUT2D eigenvalue weighted by Gasteiger charge is -2.61. The van der Waals surface area contributed by atoms with E-state index in [4.69, 9.17) is 24.1 Å². The summed E-state index contributed by atoms with van der Waals surface area (Å²) in [5.74, 6) is -6.22. The molecule has 45 heavy (non-hydrogen) atoms. The fourth-order valence-corrected chi connectivity index (χ4v) is 6.79. The van der Waals surface area contributed by atoms with Gasteiger partial charge < -0.3 is 49.0 Å². The van der Waals surface area contributed by atoms with Gasteiger partial charge in [0.05, 0.1) is 17.4 Å². The van der Waals surface area contributed by atoms with Crippen LogP contribution in [0.3, 0.4) is 0 Å². The lowest BCUT2D eigenvalue weighted by atomic mass is 9.50. The number of ether oxygens (including phenoxy) is 5. The molecule has 1 fully saturated rings. The Hall–Kier alpha value is -4.21. The minimum absolute atomic E-state index is 0.0324. The number of esters is 4. The van der Waals surface area contributed by atoms with Crippen LogP contribution in [-0.2, 0) is 54.8 Å². The largest absolute Gasteiger partial charge is 0.504 e. The number of hydrogen-bond donors (Lipinski definition) is 4. The van der Waals surface area contributed by atoms with Crippen LogP contribution in [0.1, 0.15) is 51.2 Å². The number of hydrogen-bond acceptors (Lipinski definition) is 14. The number of likely N-dealkylation sites (tertiary alicyclic amines) is 1. The normalized spacial score (nSPS) is 28.6. The summed E-state index contributed by atoms with van der Waals surface area (Å²) in [7, 11) is 1.92. The highest BCUT2D eigenvalue weighted by Gasteiger charge is 2.72. The van der Waals surface area contributed by atoms with Crippen molar-refractivity contribution >= 4 is 29.8 Å². The number of aromatic hydroxyl groups is 1. The number of aliphatic carboxylic acids is 1. The molecular formula is C30H35NO14. The second kappa shape index (κ2) is 11.6. The molecule has 2 aliphatic heterocycles. The molecule has 1 aromatic carbocycles. The van der Waals surface area contributed by atoms with Crippen molar-refractivity contribution in [1.82, 2.24) is 4.90 Å². The molecule has 4 N–H and O–H groups in total. The second-order valence-corrected chi connectivity index (χ2v) is 11.9. The fourth-order valence-electron chi connectivity index (χ4n) is 6.79. The molecule has 2 heterocycles. The number of phenolic OH excluding ortho intramolecular Hbond substituents is 1. The smallest absolute Gasteiger partial charge is 0.348 e. The average Bonchev–Trinajstić information content (AvgIpc) is 3.33. The number of nitrogens with zero attached hydrogens (tertiary/aromatic N) is 1. The maximum atomic E-state index is 13.3. The Balaban J connectivity index is 1.36. The van der Waals surface area contributed by atoms with Gasteiger partial charge in [0, 0.05) is 18.0 Å². The predicted molar refractivity (Wildman–Crippen MR) is 148 cm³/mol. The van der Waals surface area contributed by atoms with Gasteiger partial charge in [-0.3, -0.25) is 4.79 Å². The van der Waals surface area contributed by atoms with Crippen LogP contribution in [0.25, 0.3) is 0 Å². The molecule has 0 radical (unpaired) electrons. The van der Waals surface area contributed by atoms with Gasteiger partial charge in [-0.1, -0.05) is 6.07 Å². The van der Waals surface area contributed by atoms with Crippen molar-refractivity contribution in [3.63, 3.8) is 0 Å². The lowest BCUT2D eigenvalue weighted by Crippen LogP contribution is -2.74. The number of piperidine rings is 1. The topological polar surface area (TPSA) is 216 Å². The van der Waals surface area contributed by atoms with Crippen LogP contribution in [-0.4, -0.2) is 111 Å². The summed E-state index contributed by atoms with van der Waals surface area (Å²) in [6, 6.07) is 3.03. The molecule has 0 amide bonds. The number of carbonyl (C=O) groups is 5. The summed E-state index contributed by atoms with van der Waals surface area (Å²) in [5.41, 5.74) is -0.783. The molecule has 0 unspecified atom stereocenters. The van der Waals surface area contributed by atoms with Crippen LogP contribution in [0.15, 0.2) is 24.0 Å². The average molecular weight is 634 g/mol. The number of carbonyl (C=O) groups excluding carboxylic acids is 4. The zero-order chi connectivity index (χ0) is 33.0. The van der Waals surface area contributed by atoms with Gasteiger partial charge >= 0.3 is 29.8 Å². The number of benzene rings is 1. The number of likely N-dealkylation sites (N-methyl/N-ethyl adjacent to an activating group) is 1. The number of aliphatic hydroxyl groups is 2. The van der Waals surface area contributed by atoms with Crippen LogP contribution in [0.5, 0.6) is 11.5 Å². The lowest BCUT2D eigenvalue weighted by molar-refractivity contribution is -0.185. The Morgan fingerprint density at radius 1 is 1.04 bits per heavy atom. The van der Waals surface area contributed by atoms with Gasteiger partial charge in [0.1, 0.15) is 11.9 Å². The molecule has 0 saturated carbocycles. The molecule has 15 heteroatoms. The number of carboxylic acid groups (broad SMARTS) is 1. The number of carboxylic acids is 1. The monoisotopic (exact) mass is 633 g/mol. The van der Waals surface area contributed by atoms with E-state index in [9.17, 15) is 39.3 Å². The summed E-state index contributed by atoms with van der Waals surface area (Å²) < 4.78 is 26.5. The quantitative estimate of drug-likeness (QED) is 0.195. The second-order valence-electron chi connectivity index (χ2n) is 11.9. The Labute approximate surface area is 257 Å². The summed E-state index contributed by atoms with van der Waals surface area (Å²) >= 11 is 0. The van der Waals surface area contributed by atoms with Gasteiger partial charge in [0.15, 0.2) is 29.8 Å². The van der Waals surface area contributed by atoms with Gasteiger partial charge in [-0.05, 0) is 64.9 Å². The Kier molecular flexibility index (Phi) is 8.31. The molecule has 5 rings (SSSR count). The molecule has 15 nitrogen and oxygen atoms in total. The van der Waals surface area contributed by atoms with E-state index in [1.807, 2.05) is 7.05 Å². The van der Waals surface area contributed by atoms with E-state index in [1.54, 1.807) is 6.07 Å². The first-order valence-corrected chi connectivity index (χ1v) is 14.5. The minimum atomic E-state index is -1.97. The van der Waals surface area contributed by atoms with Gasteiger partial charge in [-0.15, -0.1) is 0 Å². The molecule has 244 valence electrons. The number of aliphatic hydroxyl groups excluding tert-OH is 1. The summed E-state index contributed by atoms with van der Waals surface area (Å²) in [6.07, 6.45) is -6.16. The Bertz CT molecular complexity index is 1470. The van der Waals surface area contributed by atoms with Crippen molar-refractivity contribution in [3.05, 3.63) is 35.1 Å². The highest BCUT2D eigenvalue weighted by molar-refractivity contribution is 5.88. The molecule has 1 saturated heterocycles. The highest BCUT2D eigenvalue weighted by Crippen LogP contribution is 2.65. The zero-order valence-corrected chi connectivity index (χ0v) is 25.1. The highest BCUT2D eigenvalue weighted by atomic mass is 16.6. The molecule has 2 aliphatic carbocycles. The van der Waals surface area contributed by atoms with E-state index in [0.717, 1.165) is 26.3 Å². The summed E-state index contributed by atoms with van der Waals surface area (Å²) in [4.78, 5) is 63.6. The van der Waals surface area contributed by atoms with Crippen LogP contribution >= 0.6 is 0 Å². The van der Waals surface area contributed by atoms with E-state index in [1.165, 1.54) is 12.1 Å². The Morgan fingerprint density at radius 3 is 2.40 bits per heavy atom. The van der Waals surface area contributed by atoms with Gasteiger partial charge in [0.2, 0.25) is 6.10 Å². The molecular weight excluding hydrogens is 598 g/mol. The van der Waals surface area contributed by atoms with Gasteiger partial charge in [0.25, 0.3) is 0 Å². The third kappa shape index (κ3) is 5.27. The first kappa shape index (κ1) is 32.2. The van der Waals surface area contributed by atoms with Crippen LogP contribution < -0.4 is 4.74 Å². The van der Waals surface area contributed by atoms with Crippen molar-refractivity contribution in [3.8, 4) is 11.5 Å². The molecule has 4 aliphatic rings. The van der Waals surface area contributed by atoms with E-state index in [-0.39, 0.29) is 29.7 Å². The van der Waals surface area contributed by atoms with Gasteiger partial charge in [-0.25, -0.2) is 19.2 Å². The van der Waals surface area contributed by atoms with Crippen LogP contribution in [0.2, 0.25) is 0 Å². The Morgan fingerprint density at radius 2 is 1.73 bits per heavy atom. The first-order valence-electron chi connectivity index (χ1n) is 14.5. The standard InChI is InChI=1S/C30H35NO14/c1-13(32)26(37)44-19(28(39)42-15(3)27(38)41-14(2)25(35)36)12-21(34)43-18-7-8-30(40)20-11-16-5-6-17(33)23-22(16)29(30,24(18)45-23)9-10-31(20)4/h5-7,13-15,19-20,24,32-33,40H,8-12H2,1-4H3,(H,35,36)/t13-,14-,15-,19-,20+,24-,29-,30+/m0/s1. The third-order valence-corrected chi connectivity index (χ3v) is 9.07. The molecule has 1 spiro atoms. The molecule has 8 atom stereocenters. The van der Waals surface area contributed by atoms with Crippen molar-refractivity contribution in [1.29, 1.82) is 0 Å². The maximum Gasteiger partial charge on any atom is 0.348 e. The fraction of sp³-hybridized carbons (Fsp3) is 0.567. The zero-order valence-electron chi connectivity index (χ0n) is 25.1. The first-order chi connectivity index (χ1) is 21.1. The molecule has 0 aromatic heterocycles. The van der Waals surface area contributed by atoms with Gasteiger partial charge in [-0.2, -0.15) is 0 Å². The predicted octanol–water partition coefficient (Wildman–Crippen LogP) is -0.156. The minimum Gasteiger partial charge on any atom is -0.504 e. The van der Waals surface area contributed by atoms with E-state index in [2.05, 4.69) is 9.64 Å².